The molecule has 0 heterocycles. The molecule has 1 aromatic carbocycles. The summed E-state index contributed by atoms with van der Waals surface area (Å²) in [6.45, 7) is 2.11. The van der Waals surface area contributed by atoms with Crippen LogP contribution in [0.3, 0.4) is 0 Å². The Bertz CT molecular complexity index is 344. The summed E-state index contributed by atoms with van der Waals surface area (Å²) in [6.07, 6.45) is 3.01. The number of hydrogen-bond acceptors (Lipinski definition) is 2. The van der Waals surface area contributed by atoms with Gasteiger partial charge in [0, 0.05) is 6.54 Å². The standard InChI is InChI=1S/C14H21NO2/c1-2-14(11-15,13(16)17)10-6-9-12-7-4-3-5-8-12/h3-5,7-8H,2,6,9-11,15H2,1H3,(H,16,17). The van der Waals surface area contributed by atoms with Crippen molar-refractivity contribution < 1.29 is 9.90 Å². The monoisotopic (exact) mass is 235 g/mol. The van der Waals surface area contributed by atoms with Crippen LogP contribution in [0.15, 0.2) is 30.3 Å². The topological polar surface area (TPSA) is 63.3 Å². The lowest BCUT2D eigenvalue weighted by atomic mass is 9.80. The van der Waals surface area contributed by atoms with Crippen molar-refractivity contribution in [3.05, 3.63) is 35.9 Å². The molecular formula is C14H21NO2. The molecule has 0 aliphatic rings. The van der Waals surface area contributed by atoms with Gasteiger partial charge >= 0.3 is 5.97 Å². The highest BCUT2D eigenvalue weighted by atomic mass is 16.4. The molecule has 1 rings (SSSR count). The Labute approximate surface area is 103 Å². The Morgan fingerprint density at radius 2 is 2.00 bits per heavy atom. The number of carbonyl (C=O) groups is 1. The molecule has 0 spiro atoms. The first-order chi connectivity index (χ1) is 8.14. The van der Waals surface area contributed by atoms with Crippen LogP contribution in [0.25, 0.3) is 0 Å². The molecule has 0 amide bonds. The number of aryl methyl sites for hydroxylation is 1. The molecule has 0 fully saturated rings. The van der Waals surface area contributed by atoms with Gasteiger partial charge in [0.1, 0.15) is 0 Å². The number of rotatable bonds is 7. The third-order valence-corrected chi connectivity index (χ3v) is 3.48. The van der Waals surface area contributed by atoms with Crippen molar-refractivity contribution in [3.63, 3.8) is 0 Å². The zero-order chi connectivity index (χ0) is 12.7. The van der Waals surface area contributed by atoms with Crippen LogP contribution >= 0.6 is 0 Å². The van der Waals surface area contributed by atoms with Crippen LogP contribution in [0.5, 0.6) is 0 Å². The number of nitrogens with two attached hydrogens (primary N) is 1. The maximum atomic E-state index is 11.2. The van der Waals surface area contributed by atoms with E-state index in [1.807, 2.05) is 25.1 Å². The Morgan fingerprint density at radius 1 is 1.35 bits per heavy atom. The largest absolute Gasteiger partial charge is 0.481 e. The van der Waals surface area contributed by atoms with Crippen molar-refractivity contribution >= 4 is 5.97 Å². The molecule has 0 aromatic heterocycles. The predicted molar refractivity (Wildman–Crippen MR) is 68.8 cm³/mol. The van der Waals surface area contributed by atoms with Crippen LogP contribution < -0.4 is 5.73 Å². The van der Waals surface area contributed by atoms with Crippen molar-refractivity contribution in [3.8, 4) is 0 Å². The van der Waals surface area contributed by atoms with Gasteiger partial charge in [0.05, 0.1) is 5.41 Å². The number of hydrogen-bond donors (Lipinski definition) is 2. The highest BCUT2D eigenvalue weighted by molar-refractivity contribution is 5.74. The van der Waals surface area contributed by atoms with E-state index in [0.29, 0.717) is 12.8 Å². The first kappa shape index (κ1) is 13.7. The summed E-state index contributed by atoms with van der Waals surface area (Å²) in [5, 5.41) is 9.24. The molecule has 1 atom stereocenters. The van der Waals surface area contributed by atoms with Crippen molar-refractivity contribution in [2.75, 3.05) is 6.54 Å². The van der Waals surface area contributed by atoms with E-state index in [9.17, 15) is 9.90 Å². The maximum absolute atomic E-state index is 11.2. The van der Waals surface area contributed by atoms with Crippen LogP contribution in [0.2, 0.25) is 0 Å². The Balaban J connectivity index is 2.51. The van der Waals surface area contributed by atoms with Crippen molar-refractivity contribution in [1.29, 1.82) is 0 Å². The van der Waals surface area contributed by atoms with E-state index >= 15 is 0 Å². The number of benzene rings is 1. The molecule has 94 valence electrons. The van der Waals surface area contributed by atoms with E-state index in [4.69, 9.17) is 5.73 Å². The zero-order valence-electron chi connectivity index (χ0n) is 10.4. The molecule has 0 aliphatic carbocycles. The smallest absolute Gasteiger partial charge is 0.310 e. The van der Waals surface area contributed by atoms with E-state index < -0.39 is 11.4 Å². The second kappa shape index (κ2) is 6.40. The molecule has 0 radical (unpaired) electrons. The molecular weight excluding hydrogens is 214 g/mol. The van der Waals surface area contributed by atoms with Gasteiger partial charge in [-0.25, -0.2) is 0 Å². The minimum absolute atomic E-state index is 0.216. The summed E-state index contributed by atoms with van der Waals surface area (Å²) in [4.78, 5) is 11.2. The van der Waals surface area contributed by atoms with Gasteiger partial charge in [0.25, 0.3) is 0 Å². The summed E-state index contributed by atoms with van der Waals surface area (Å²) < 4.78 is 0. The lowest BCUT2D eigenvalue weighted by Crippen LogP contribution is -2.38. The predicted octanol–water partition coefficient (Wildman–Crippen LogP) is 2.45. The van der Waals surface area contributed by atoms with E-state index in [0.717, 1.165) is 12.8 Å². The average Bonchev–Trinajstić information content (AvgIpc) is 2.36. The Kier molecular flexibility index (Phi) is 5.16. The van der Waals surface area contributed by atoms with Gasteiger partial charge < -0.3 is 10.8 Å². The molecule has 3 heteroatoms. The average molecular weight is 235 g/mol. The first-order valence-corrected chi connectivity index (χ1v) is 6.12. The summed E-state index contributed by atoms with van der Waals surface area (Å²) in [7, 11) is 0. The molecule has 3 nitrogen and oxygen atoms in total. The lowest BCUT2D eigenvalue weighted by Gasteiger charge is -2.26. The molecule has 1 aromatic rings. The van der Waals surface area contributed by atoms with E-state index in [2.05, 4.69) is 12.1 Å². The van der Waals surface area contributed by atoms with Gasteiger partial charge in [-0.15, -0.1) is 0 Å². The highest BCUT2D eigenvalue weighted by Crippen LogP contribution is 2.28. The molecule has 0 saturated carbocycles. The summed E-state index contributed by atoms with van der Waals surface area (Å²) in [5.41, 5.74) is 6.13. The number of aliphatic carboxylic acids is 1. The fraction of sp³-hybridized carbons (Fsp3) is 0.500. The summed E-state index contributed by atoms with van der Waals surface area (Å²) >= 11 is 0. The SMILES string of the molecule is CCC(CN)(CCCc1ccccc1)C(=O)O. The third kappa shape index (κ3) is 3.56. The van der Waals surface area contributed by atoms with Gasteiger partial charge in [0.2, 0.25) is 0 Å². The summed E-state index contributed by atoms with van der Waals surface area (Å²) in [6, 6.07) is 10.1. The van der Waals surface area contributed by atoms with Gasteiger partial charge in [-0.05, 0) is 31.2 Å². The Hall–Kier alpha value is -1.35. The van der Waals surface area contributed by atoms with E-state index in [-0.39, 0.29) is 6.54 Å². The number of carboxylic acid groups (broad SMARTS) is 1. The molecule has 1 unspecified atom stereocenters. The van der Waals surface area contributed by atoms with Crippen LogP contribution in [0, 0.1) is 5.41 Å². The van der Waals surface area contributed by atoms with E-state index in [1.165, 1.54) is 5.56 Å². The second-order valence-electron chi connectivity index (χ2n) is 4.48. The van der Waals surface area contributed by atoms with E-state index in [1.54, 1.807) is 0 Å². The van der Waals surface area contributed by atoms with Crippen LogP contribution in [0.4, 0.5) is 0 Å². The van der Waals surface area contributed by atoms with Crippen LogP contribution in [0.1, 0.15) is 31.7 Å². The highest BCUT2D eigenvalue weighted by Gasteiger charge is 2.34. The van der Waals surface area contributed by atoms with Gasteiger partial charge in [-0.3, -0.25) is 4.79 Å². The van der Waals surface area contributed by atoms with Gasteiger partial charge in [0.15, 0.2) is 0 Å². The minimum atomic E-state index is -0.768. The molecule has 0 saturated heterocycles. The third-order valence-electron chi connectivity index (χ3n) is 3.48. The molecule has 17 heavy (non-hydrogen) atoms. The van der Waals surface area contributed by atoms with Gasteiger partial charge in [-0.2, -0.15) is 0 Å². The summed E-state index contributed by atoms with van der Waals surface area (Å²) in [5.74, 6) is -0.768. The van der Waals surface area contributed by atoms with Crippen molar-refractivity contribution in [2.24, 2.45) is 11.1 Å². The molecule has 3 N–H and O–H groups in total. The maximum Gasteiger partial charge on any atom is 0.310 e. The van der Waals surface area contributed by atoms with Crippen LogP contribution in [-0.2, 0) is 11.2 Å². The second-order valence-corrected chi connectivity index (χ2v) is 4.48. The minimum Gasteiger partial charge on any atom is -0.481 e. The van der Waals surface area contributed by atoms with Crippen molar-refractivity contribution in [2.45, 2.75) is 32.6 Å². The molecule has 0 bridgehead atoms. The van der Waals surface area contributed by atoms with Crippen molar-refractivity contribution in [1.82, 2.24) is 0 Å². The lowest BCUT2D eigenvalue weighted by molar-refractivity contribution is -0.149. The number of carboxylic acids is 1. The van der Waals surface area contributed by atoms with Crippen LogP contribution in [-0.4, -0.2) is 17.6 Å². The first-order valence-electron chi connectivity index (χ1n) is 6.12. The fourth-order valence-corrected chi connectivity index (χ4v) is 2.04. The normalized spacial score (nSPS) is 14.2. The molecule has 0 aliphatic heterocycles. The quantitative estimate of drug-likeness (QED) is 0.763. The van der Waals surface area contributed by atoms with Gasteiger partial charge in [-0.1, -0.05) is 37.3 Å². The zero-order valence-corrected chi connectivity index (χ0v) is 10.4. The Morgan fingerprint density at radius 3 is 2.47 bits per heavy atom. The fourth-order valence-electron chi connectivity index (χ4n) is 2.04.